The first-order valence-electron chi connectivity index (χ1n) is 32.9. The number of aryl methyl sites for hydroxylation is 2. The van der Waals surface area contributed by atoms with E-state index in [4.69, 9.17) is 28.9 Å². The number of rotatable bonds is 17. The molecule has 478 valence electrons. The first kappa shape index (κ1) is 62.8. The Hall–Kier alpha value is -6.42. The lowest BCUT2D eigenvalue weighted by molar-refractivity contribution is -0.134. The molecule has 1 unspecified atom stereocenters. The van der Waals surface area contributed by atoms with Crippen LogP contribution in [0.3, 0.4) is 0 Å². The van der Waals surface area contributed by atoms with E-state index in [9.17, 15) is 19.5 Å². The van der Waals surface area contributed by atoms with Crippen LogP contribution in [0.2, 0.25) is 16.6 Å². The Morgan fingerprint density at radius 3 is 2.30 bits per heavy atom. The number of piperidine rings is 4. The number of imide groups is 1. The summed E-state index contributed by atoms with van der Waals surface area (Å²) in [4.78, 5) is 61.6. The molecule has 0 bridgehead atoms. The fraction of sp³-hybridized carbons (Fsp3) is 0.603. The van der Waals surface area contributed by atoms with Crippen LogP contribution >= 0.6 is 0 Å². The maximum Gasteiger partial charge on any atom is 0.409 e. The minimum absolute atomic E-state index is 0.00283. The number of ether oxygens (including phenoxy) is 2. The molecule has 3 aromatic carbocycles. The number of hydrogen-bond donors (Lipinski definition) is 2. The Labute approximate surface area is 521 Å². The number of amides is 3. The van der Waals surface area contributed by atoms with E-state index in [1.165, 1.54) is 12.1 Å². The van der Waals surface area contributed by atoms with Crippen molar-refractivity contribution in [2.45, 2.75) is 185 Å². The van der Waals surface area contributed by atoms with Gasteiger partial charge in [0.05, 0.1) is 33.7 Å². The summed E-state index contributed by atoms with van der Waals surface area (Å²) in [6.07, 6.45) is 10.4. The largest absolute Gasteiger partial charge is 0.543 e. The van der Waals surface area contributed by atoms with Gasteiger partial charge in [-0.05, 0) is 184 Å². The molecule has 0 spiro atoms. The molecule has 0 saturated carbocycles. The number of likely N-dealkylation sites (tertiary alicyclic amines) is 2. The van der Waals surface area contributed by atoms with Crippen molar-refractivity contribution >= 4 is 64.6 Å². The number of nitrogens with one attached hydrogen (secondary N) is 1. The van der Waals surface area contributed by atoms with Gasteiger partial charge in [0, 0.05) is 69.4 Å². The van der Waals surface area contributed by atoms with E-state index >= 15 is 13.2 Å². The van der Waals surface area contributed by atoms with Gasteiger partial charge in [0.2, 0.25) is 11.8 Å². The molecular weight excluding hydrogens is 1150 g/mol. The van der Waals surface area contributed by atoms with Crippen LogP contribution in [-0.2, 0) is 27.8 Å². The number of pyridine rings is 1. The van der Waals surface area contributed by atoms with Gasteiger partial charge in [-0.25, -0.2) is 18.0 Å². The molecule has 6 aliphatic rings. The number of fused-ring (bicyclic) bond motifs is 4. The highest BCUT2D eigenvalue weighted by Crippen LogP contribution is 2.48. The highest BCUT2D eigenvalue weighted by atomic mass is 28.4. The lowest BCUT2D eigenvalue weighted by Crippen LogP contribution is -2.50. The number of halogens is 3. The normalized spacial score (nSPS) is 23.7. The highest BCUT2D eigenvalue weighted by Gasteiger charge is 2.51. The third kappa shape index (κ3) is 12.0. The summed E-state index contributed by atoms with van der Waals surface area (Å²) in [7, 11) is -0.682. The smallest absolute Gasteiger partial charge is 0.409 e. The quantitative estimate of drug-likeness (QED) is 0.0650. The van der Waals surface area contributed by atoms with Crippen LogP contribution in [0.1, 0.15) is 161 Å². The maximum atomic E-state index is 18.0. The molecule has 0 aliphatic carbocycles. The number of aromatic nitrogens is 5. The second kappa shape index (κ2) is 25.0. The molecule has 3 aromatic heterocycles. The first-order valence-corrected chi connectivity index (χ1v) is 35.0. The number of β-amino-alcohol motifs (C(OH)–C–C–N with tert-alkyl or cyclic N) is 1. The van der Waals surface area contributed by atoms with Crippen molar-refractivity contribution in [1.29, 1.82) is 0 Å². The van der Waals surface area contributed by atoms with Gasteiger partial charge in [0.1, 0.15) is 47.6 Å². The van der Waals surface area contributed by atoms with E-state index < -0.39 is 25.7 Å². The van der Waals surface area contributed by atoms with Crippen molar-refractivity contribution in [2.75, 3.05) is 70.5 Å². The lowest BCUT2D eigenvalue weighted by Gasteiger charge is -2.42. The molecule has 0 radical (unpaired) electrons. The Morgan fingerprint density at radius 1 is 0.854 bits per heavy atom. The van der Waals surface area contributed by atoms with Crippen LogP contribution in [0.15, 0.2) is 42.6 Å². The summed E-state index contributed by atoms with van der Waals surface area (Å²) in [5, 5.41) is 20.7. The summed E-state index contributed by atoms with van der Waals surface area (Å²) in [5.74, 6) is -1.11. The van der Waals surface area contributed by atoms with Crippen LogP contribution in [0.4, 0.5) is 23.8 Å². The number of carbonyl (C=O) groups excluding carboxylic acids is 3. The minimum Gasteiger partial charge on any atom is -0.543 e. The second-order valence-electron chi connectivity index (χ2n) is 27.9. The Balaban J connectivity index is 0.701. The predicted molar refractivity (Wildman–Crippen MR) is 340 cm³/mol. The van der Waals surface area contributed by atoms with Crippen LogP contribution in [-0.4, -0.2) is 154 Å². The predicted octanol–water partition coefficient (Wildman–Crippen LogP) is 12.2. The van der Waals surface area contributed by atoms with Crippen molar-refractivity contribution in [1.82, 2.24) is 44.7 Å². The zero-order valence-corrected chi connectivity index (χ0v) is 54.4. The Kier molecular flexibility index (Phi) is 17.6. The van der Waals surface area contributed by atoms with Crippen molar-refractivity contribution in [3.05, 3.63) is 76.9 Å². The van der Waals surface area contributed by atoms with E-state index in [1.807, 2.05) is 42.0 Å². The minimum atomic E-state index is -2.49. The fourth-order valence-corrected chi connectivity index (χ4v) is 22.0. The maximum absolute atomic E-state index is 18.0. The van der Waals surface area contributed by atoms with Crippen LogP contribution in [0.5, 0.6) is 11.8 Å². The summed E-state index contributed by atoms with van der Waals surface area (Å²) in [6, 6.07) is 10.4. The van der Waals surface area contributed by atoms with Crippen molar-refractivity contribution in [3.8, 4) is 23.0 Å². The molecule has 6 fully saturated rings. The van der Waals surface area contributed by atoms with Crippen molar-refractivity contribution in [3.63, 3.8) is 0 Å². The summed E-state index contributed by atoms with van der Waals surface area (Å²) in [5.41, 5.74) is 2.32. The van der Waals surface area contributed by atoms with Crippen LogP contribution in [0.25, 0.3) is 43.8 Å². The standard InChI is InChI=1S/C68H89F3N10O7Si/c1-10-48-54(69)15-13-45-31-47(88-89(40(2)3,41(4)5)42(6)7)32-52(58(45)48)61-59(71)62-53(35-72-61)63(80-25-11-22-67(8,85)38-80)75-65(74-62)87-39-68-23-12-26-81(68)46(17-24-68)37-86-66(84)79-29-18-43(19-30-79)36-78-27-20-44(21-28-78)50-34-56-51(33-55(50)70)60(76-77(56)9)49-14-16-57(82)73-64(49)83/h13,15,31-35,40-44,46,49,85H,10-12,14,16-30,36-39H2,1-9H3,(H,73,82,83)/t46-,49?,67+,68-/m0/s1. The summed E-state index contributed by atoms with van der Waals surface area (Å²) >= 11 is 0. The highest BCUT2D eigenvalue weighted by molar-refractivity contribution is 6.78. The van der Waals surface area contributed by atoms with E-state index in [-0.39, 0.29) is 107 Å². The van der Waals surface area contributed by atoms with E-state index in [0.29, 0.717) is 101 Å². The number of aliphatic hydroxyl groups is 1. The summed E-state index contributed by atoms with van der Waals surface area (Å²) in [6.45, 7) is 23.1. The molecule has 21 heteroatoms. The Morgan fingerprint density at radius 2 is 1.60 bits per heavy atom. The number of nitrogens with zero attached hydrogens (tertiary/aromatic N) is 9. The molecule has 17 nitrogen and oxygen atoms in total. The molecule has 6 saturated heterocycles. The molecule has 89 heavy (non-hydrogen) atoms. The number of hydrogen-bond acceptors (Lipinski definition) is 14. The van der Waals surface area contributed by atoms with Crippen LogP contribution in [0, 0.1) is 23.4 Å². The SMILES string of the molecule is CCc1c(F)ccc2cc(O[Si](C(C)C)(C(C)C)C(C)C)cc(-c3ncc4c(N5CCC[C@@](C)(O)C5)nc(OC[C@@]56CCCN5[C@H](COC(=O)N5CCC(CN7CCC(c8cc9c(cc8F)c(C8CCC(=O)NC8=O)nn9C)CC7)CC5)CC6)nc4c3F)c12. The molecule has 9 heterocycles. The molecule has 6 aromatic rings. The zero-order valence-electron chi connectivity index (χ0n) is 53.4. The van der Waals surface area contributed by atoms with Gasteiger partial charge in [0.25, 0.3) is 8.32 Å². The molecule has 4 atom stereocenters. The average molecular weight is 1240 g/mol. The second-order valence-corrected chi connectivity index (χ2v) is 33.3. The summed E-state index contributed by atoms with van der Waals surface area (Å²) < 4.78 is 71.6. The van der Waals surface area contributed by atoms with E-state index in [2.05, 4.69) is 61.8 Å². The molecule has 3 amide bonds. The number of benzene rings is 3. The molecular formula is C68H89F3N10O7Si. The van der Waals surface area contributed by atoms with Crippen LogP contribution < -0.4 is 19.4 Å². The third-order valence-corrected chi connectivity index (χ3v) is 27.3. The van der Waals surface area contributed by atoms with Crippen molar-refractivity contribution < 1.29 is 46.6 Å². The first-order chi connectivity index (χ1) is 42.6. The van der Waals surface area contributed by atoms with E-state index in [0.717, 1.165) is 88.4 Å². The zero-order chi connectivity index (χ0) is 62.8. The van der Waals surface area contributed by atoms with Gasteiger partial charge in [-0.3, -0.25) is 29.5 Å². The van der Waals surface area contributed by atoms with Gasteiger partial charge < -0.3 is 33.7 Å². The molecule has 2 N–H and O–H groups in total. The third-order valence-electron chi connectivity index (χ3n) is 21.3. The molecule has 12 rings (SSSR count). The van der Waals surface area contributed by atoms with E-state index in [1.54, 1.807) is 23.9 Å². The average Bonchev–Trinajstić information content (AvgIpc) is 2.13. The number of carbonyl (C=O) groups is 3. The van der Waals surface area contributed by atoms with Gasteiger partial charge in [-0.15, -0.1) is 0 Å². The van der Waals surface area contributed by atoms with Gasteiger partial charge in [0.15, 0.2) is 5.82 Å². The lowest BCUT2D eigenvalue weighted by atomic mass is 9.86. The van der Waals surface area contributed by atoms with Crippen molar-refractivity contribution in [2.24, 2.45) is 13.0 Å². The van der Waals surface area contributed by atoms with Gasteiger partial charge in [-0.2, -0.15) is 15.1 Å². The molecule has 6 aliphatic heterocycles. The Bertz CT molecular complexity index is 3660. The van der Waals surface area contributed by atoms with Gasteiger partial charge in [-0.1, -0.05) is 54.5 Å². The topological polar surface area (TPSA) is 181 Å². The fourth-order valence-electron chi connectivity index (χ4n) is 16.7. The number of anilines is 1. The monoisotopic (exact) mass is 1240 g/mol. The van der Waals surface area contributed by atoms with Gasteiger partial charge >= 0.3 is 12.1 Å².